The molecular formula is C16H21F2N3. The summed E-state index contributed by atoms with van der Waals surface area (Å²) in [5, 5.41) is 9.18. The van der Waals surface area contributed by atoms with E-state index in [4.69, 9.17) is 0 Å². The van der Waals surface area contributed by atoms with E-state index in [9.17, 15) is 14.0 Å². The minimum Gasteiger partial charge on any atom is -0.296 e. The summed E-state index contributed by atoms with van der Waals surface area (Å²) in [5.74, 6) is -1.54. The molecule has 1 fully saturated rings. The van der Waals surface area contributed by atoms with Gasteiger partial charge < -0.3 is 0 Å². The summed E-state index contributed by atoms with van der Waals surface area (Å²) in [6.45, 7) is 5.65. The highest BCUT2D eigenvalue weighted by atomic mass is 19.2. The molecule has 2 rings (SSSR count). The van der Waals surface area contributed by atoms with Crippen LogP contribution < -0.4 is 0 Å². The van der Waals surface area contributed by atoms with Gasteiger partial charge in [0.2, 0.25) is 0 Å². The van der Waals surface area contributed by atoms with E-state index in [0.717, 1.165) is 45.1 Å². The van der Waals surface area contributed by atoms with E-state index in [2.05, 4.69) is 22.8 Å². The highest BCUT2D eigenvalue weighted by molar-refractivity contribution is 5.18. The first-order valence-corrected chi connectivity index (χ1v) is 7.44. The standard InChI is InChI=1S/C16H21F2N3/c1-2-4-14(11-19)21-9-7-20(8-10-21)12-13-5-3-6-15(17)16(13)18/h3,5-6,14H,2,4,7-10,12H2,1H3. The topological polar surface area (TPSA) is 30.3 Å². The van der Waals surface area contributed by atoms with Crippen molar-refractivity contribution < 1.29 is 8.78 Å². The molecule has 0 N–H and O–H groups in total. The molecular weight excluding hydrogens is 272 g/mol. The largest absolute Gasteiger partial charge is 0.296 e. The third kappa shape index (κ3) is 3.99. The maximum absolute atomic E-state index is 13.7. The molecule has 0 saturated carbocycles. The Hall–Kier alpha value is -1.51. The first kappa shape index (κ1) is 15.9. The molecule has 1 aliphatic rings. The SMILES string of the molecule is CCCC(C#N)N1CCN(Cc2cccc(F)c2F)CC1. The summed E-state index contributed by atoms with van der Waals surface area (Å²) in [4.78, 5) is 4.29. The Balaban J connectivity index is 1.90. The average Bonchev–Trinajstić information content (AvgIpc) is 2.50. The zero-order chi connectivity index (χ0) is 15.2. The Kier molecular flexibility index (Phi) is 5.66. The molecule has 0 amide bonds. The van der Waals surface area contributed by atoms with Gasteiger partial charge in [0.05, 0.1) is 12.1 Å². The van der Waals surface area contributed by atoms with Gasteiger partial charge in [-0.25, -0.2) is 8.78 Å². The Bertz CT molecular complexity index is 505. The van der Waals surface area contributed by atoms with Gasteiger partial charge in [0.15, 0.2) is 11.6 Å². The first-order valence-electron chi connectivity index (χ1n) is 7.44. The van der Waals surface area contributed by atoms with E-state index < -0.39 is 11.6 Å². The molecule has 1 aromatic carbocycles. The number of nitrogens with zero attached hydrogens (tertiary/aromatic N) is 3. The van der Waals surface area contributed by atoms with Gasteiger partial charge in [-0.1, -0.05) is 25.5 Å². The molecule has 1 heterocycles. The zero-order valence-electron chi connectivity index (χ0n) is 12.4. The van der Waals surface area contributed by atoms with Crippen LogP contribution in [0.3, 0.4) is 0 Å². The van der Waals surface area contributed by atoms with Crippen molar-refractivity contribution in [2.45, 2.75) is 32.4 Å². The van der Waals surface area contributed by atoms with Crippen molar-refractivity contribution in [3.05, 3.63) is 35.4 Å². The lowest BCUT2D eigenvalue weighted by Crippen LogP contribution is -2.49. The van der Waals surface area contributed by atoms with Crippen LogP contribution >= 0.6 is 0 Å². The van der Waals surface area contributed by atoms with Crippen LogP contribution in [0.5, 0.6) is 0 Å². The number of rotatable bonds is 5. The summed E-state index contributed by atoms with van der Waals surface area (Å²) in [5.41, 5.74) is 0.397. The van der Waals surface area contributed by atoms with Gasteiger partial charge in [0.1, 0.15) is 0 Å². The van der Waals surface area contributed by atoms with Crippen molar-refractivity contribution in [1.29, 1.82) is 5.26 Å². The zero-order valence-corrected chi connectivity index (χ0v) is 12.4. The van der Waals surface area contributed by atoms with Crippen LogP contribution in [0, 0.1) is 23.0 Å². The van der Waals surface area contributed by atoms with E-state index in [1.54, 1.807) is 6.07 Å². The molecule has 1 atom stereocenters. The van der Waals surface area contributed by atoms with Crippen LogP contribution in [0.4, 0.5) is 8.78 Å². The molecule has 1 unspecified atom stereocenters. The number of halogens is 2. The number of piperazine rings is 1. The third-order valence-corrected chi connectivity index (χ3v) is 3.98. The minimum atomic E-state index is -0.793. The summed E-state index contributed by atoms with van der Waals surface area (Å²) in [6, 6.07) is 6.63. The quantitative estimate of drug-likeness (QED) is 0.836. The molecule has 1 aliphatic heterocycles. The van der Waals surface area contributed by atoms with Gasteiger partial charge in [-0.05, 0) is 12.5 Å². The number of benzene rings is 1. The molecule has 3 nitrogen and oxygen atoms in total. The van der Waals surface area contributed by atoms with E-state index in [-0.39, 0.29) is 6.04 Å². The number of hydrogen-bond acceptors (Lipinski definition) is 3. The maximum Gasteiger partial charge on any atom is 0.163 e. The van der Waals surface area contributed by atoms with Crippen molar-refractivity contribution >= 4 is 0 Å². The molecule has 0 radical (unpaired) electrons. The lowest BCUT2D eigenvalue weighted by Gasteiger charge is -2.36. The van der Waals surface area contributed by atoms with Gasteiger partial charge in [0.25, 0.3) is 0 Å². The van der Waals surface area contributed by atoms with Gasteiger partial charge in [0, 0.05) is 38.3 Å². The summed E-state index contributed by atoms with van der Waals surface area (Å²) in [7, 11) is 0. The van der Waals surface area contributed by atoms with Crippen molar-refractivity contribution in [2.75, 3.05) is 26.2 Å². The molecule has 0 bridgehead atoms. The van der Waals surface area contributed by atoms with E-state index >= 15 is 0 Å². The van der Waals surface area contributed by atoms with Crippen LogP contribution in [0.15, 0.2) is 18.2 Å². The van der Waals surface area contributed by atoms with Gasteiger partial charge >= 0.3 is 0 Å². The smallest absolute Gasteiger partial charge is 0.163 e. The molecule has 21 heavy (non-hydrogen) atoms. The minimum absolute atomic E-state index is 0.0249. The number of hydrogen-bond donors (Lipinski definition) is 0. The lowest BCUT2D eigenvalue weighted by atomic mass is 10.1. The predicted octanol–water partition coefficient (Wildman–Crippen LogP) is 2.77. The van der Waals surface area contributed by atoms with Crippen molar-refractivity contribution in [3.63, 3.8) is 0 Å². The van der Waals surface area contributed by atoms with Crippen molar-refractivity contribution in [1.82, 2.24) is 9.80 Å². The average molecular weight is 293 g/mol. The molecule has 0 aliphatic carbocycles. The van der Waals surface area contributed by atoms with Crippen LogP contribution in [0.1, 0.15) is 25.3 Å². The predicted molar refractivity (Wildman–Crippen MR) is 77.5 cm³/mol. The van der Waals surface area contributed by atoms with Crippen LogP contribution in [0.25, 0.3) is 0 Å². The Morgan fingerprint density at radius 2 is 1.95 bits per heavy atom. The van der Waals surface area contributed by atoms with Gasteiger partial charge in [-0.15, -0.1) is 0 Å². The maximum atomic E-state index is 13.7. The summed E-state index contributed by atoms with van der Waals surface area (Å²) in [6.07, 6.45) is 1.88. The molecule has 0 aromatic heterocycles. The molecule has 1 aromatic rings. The monoisotopic (exact) mass is 293 g/mol. The second kappa shape index (κ2) is 7.48. The van der Waals surface area contributed by atoms with Crippen LogP contribution in [0.2, 0.25) is 0 Å². The van der Waals surface area contributed by atoms with Gasteiger partial charge in [-0.2, -0.15) is 5.26 Å². The third-order valence-electron chi connectivity index (χ3n) is 3.98. The van der Waals surface area contributed by atoms with E-state index in [1.807, 2.05) is 0 Å². The van der Waals surface area contributed by atoms with E-state index in [0.29, 0.717) is 12.1 Å². The second-order valence-electron chi connectivity index (χ2n) is 5.46. The fraction of sp³-hybridized carbons (Fsp3) is 0.562. The van der Waals surface area contributed by atoms with Crippen molar-refractivity contribution in [3.8, 4) is 6.07 Å². The van der Waals surface area contributed by atoms with Crippen LogP contribution in [-0.2, 0) is 6.54 Å². The highest BCUT2D eigenvalue weighted by Gasteiger charge is 2.23. The highest BCUT2D eigenvalue weighted by Crippen LogP contribution is 2.16. The number of nitriles is 1. The fourth-order valence-electron chi connectivity index (χ4n) is 2.75. The molecule has 0 spiro atoms. The first-order chi connectivity index (χ1) is 10.2. The second-order valence-corrected chi connectivity index (χ2v) is 5.46. The fourth-order valence-corrected chi connectivity index (χ4v) is 2.75. The summed E-state index contributed by atoms with van der Waals surface area (Å²) >= 11 is 0. The normalized spacial score (nSPS) is 18.4. The van der Waals surface area contributed by atoms with Gasteiger partial charge in [-0.3, -0.25) is 9.80 Å². The lowest BCUT2D eigenvalue weighted by molar-refractivity contribution is 0.105. The summed E-state index contributed by atoms with van der Waals surface area (Å²) < 4.78 is 26.9. The Morgan fingerprint density at radius 3 is 2.57 bits per heavy atom. The van der Waals surface area contributed by atoms with Crippen LogP contribution in [-0.4, -0.2) is 42.0 Å². The molecule has 5 heteroatoms. The molecule has 1 saturated heterocycles. The Morgan fingerprint density at radius 1 is 1.24 bits per heavy atom. The van der Waals surface area contributed by atoms with Crippen molar-refractivity contribution in [2.24, 2.45) is 0 Å². The van der Waals surface area contributed by atoms with E-state index in [1.165, 1.54) is 6.07 Å². The molecule has 114 valence electrons. The Labute approximate surface area is 124 Å².